The molecular weight excluding hydrogens is 257 g/mol. The minimum absolute atomic E-state index is 0.381. The summed E-state index contributed by atoms with van der Waals surface area (Å²) in [4.78, 5) is 11.8. The molecule has 0 aliphatic rings. The minimum Gasteiger partial charge on any atom is -0.371 e. The number of anilines is 1. The maximum atomic E-state index is 13.4. The van der Waals surface area contributed by atoms with Gasteiger partial charge in [0.15, 0.2) is 11.6 Å². The lowest BCUT2D eigenvalue weighted by molar-refractivity contribution is -0.122. The monoisotopic (exact) mass is 274 g/mol. The molecule has 1 aromatic rings. The molecule has 19 heavy (non-hydrogen) atoms. The van der Waals surface area contributed by atoms with Crippen molar-refractivity contribution in [2.75, 3.05) is 5.32 Å². The van der Waals surface area contributed by atoms with E-state index in [0.717, 1.165) is 6.07 Å². The van der Waals surface area contributed by atoms with Crippen LogP contribution in [0.4, 0.5) is 18.9 Å². The van der Waals surface area contributed by atoms with E-state index in [4.69, 9.17) is 0 Å². The van der Waals surface area contributed by atoms with E-state index in [1.165, 1.54) is 6.92 Å². The Balaban J connectivity index is 2.83. The molecule has 1 unspecified atom stereocenters. The molecule has 1 atom stereocenters. The second kappa shape index (κ2) is 5.50. The Morgan fingerprint density at radius 1 is 1.21 bits per heavy atom. The maximum absolute atomic E-state index is 13.4. The Kier molecular flexibility index (Phi) is 4.44. The second-order valence-corrected chi connectivity index (χ2v) is 5.35. The lowest BCUT2D eigenvalue weighted by Crippen LogP contribution is -2.47. The number of rotatable bonds is 3. The molecule has 1 rings (SSSR count). The van der Waals surface area contributed by atoms with Crippen molar-refractivity contribution in [1.82, 2.24) is 5.32 Å². The summed E-state index contributed by atoms with van der Waals surface area (Å²) in [6.45, 7) is 6.85. The van der Waals surface area contributed by atoms with Crippen molar-refractivity contribution >= 4 is 11.6 Å². The number of hydrogen-bond acceptors (Lipinski definition) is 2. The molecule has 2 N–H and O–H groups in total. The maximum Gasteiger partial charge on any atom is 0.242 e. The molecule has 0 aliphatic carbocycles. The van der Waals surface area contributed by atoms with E-state index in [1.54, 1.807) is 20.8 Å². The van der Waals surface area contributed by atoms with Crippen molar-refractivity contribution in [1.29, 1.82) is 0 Å². The average Bonchev–Trinajstić information content (AvgIpc) is 2.22. The Labute approximate surface area is 110 Å². The Hall–Kier alpha value is -1.72. The van der Waals surface area contributed by atoms with Gasteiger partial charge in [0.05, 0.1) is 5.69 Å². The van der Waals surface area contributed by atoms with Crippen molar-refractivity contribution in [3.63, 3.8) is 0 Å². The van der Waals surface area contributed by atoms with Crippen LogP contribution in [0.25, 0.3) is 0 Å². The number of nitrogens with one attached hydrogen (secondary N) is 2. The molecular formula is C13H17F3N2O. The summed E-state index contributed by atoms with van der Waals surface area (Å²) in [5.74, 6) is -3.82. The zero-order valence-corrected chi connectivity index (χ0v) is 11.3. The van der Waals surface area contributed by atoms with E-state index >= 15 is 0 Å². The van der Waals surface area contributed by atoms with Crippen molar-refractivity contribution in [2.45, 2.75) is 39.3 Å². The SMILES string of the molecule is CC(Nc1cc(F)cc(F)c1F)C(=O)NC(C)(C)C. The fourth-order valence-corrected chi connectivity index (χ4v) is 1.44. The van der Waals surface area contributed by atoms with Gasteiger partial charge in [0.25, 0.3) is 0 Å². The number of amides is 1. The zero-order chi connectivity index (χ0) is 14.8. The highest BCUT2D eigenvalue weighted by atomic mass is 19.2. The summed E-state index contributed by atoms with van der Waals surface area (Å²) in [6.07, 6.45) is 0. The Morgan fingerprint density at radius 2 is 1.79 bits per heavy atom. The molecule has 6 heteroatoms. The molecule has 0 aliphatic heterocycles. The first-order valence-electron chi connectivity index (χ1n) is 5.83. The van der Waals surface area contributed by atoms with Crippen LogP contribution in [0.5, 0.6) is 0 Å². The molecule has 0 saturated carbocycles. The van der Waals surface area contributed by atoms with Crippen LogP contribution in [-0.2, 0) is 4.79 Å². The standard InChI is InChI=1S/C13H17F3N2O/c1-7(12(19)18-13(2,3)4)17-10-6-8(14)5-9(15)11(10)16/h5-7,17H,1-4H3,(H,18,19). The fourth-order valence-electron chi connectivity index (χ4n) is 1.44. The van der Waals surface area contributed by atoms with Crippen LogP contribution in [0, 0.1) is 17.5 Å². The first-order chi connectivity index (χ1) is 8.60. The van der Waals surface area contributed by atoms with Crippen molar-refractivity contribution in [3.05, 3.63) is 29.6 Å². The number of carbonyl (C=O) groups is 1. The Bertz CT molecular complexity index is 484. The molecule has 0 aromatic heterocycles. The fraction of sp³-hybridized carbons (Fsp3) is 0.462. The molecule has 0 fully saturated rings. The molecule has 1 aromatic carbocycles. The largest absolute Gasteiger partial charge is 0.371 e. The molecule has 0 spiro atoms. The lowest BCUT2D eigenvalue weighted by atomic mass is 10.1. The molecule has 0 radical (unpaired) electrons. The van der Waals surface area contributed by atoms with Crippen LogP contribution in [0.1, 0.15) is 27.7 Å². The minimum atomic E-state index is -1.30. The van der Waals surface area contributed by atoms with Gasteiger partial charge < -0.3 is 10.6 Å². The third-order valence-corrected chi connectivity index (χ3v) is 2.26. The van der Waals surface area contributed by atoms with E-state index in [2.05, 4.69) is 10.6 Å². The van der Waals surface area contributed by atoms with Crippen LogP contribution >= 0.6 is 0 Å². The van der Waals surface area contributed by atoms with Gasteiger partial charge in [0.1, 0.15) is 11.9 Å². The number of halogens is 3. The van der Waals surface area contributed by atoms with Gasteiger partial charge in [-0.25, -0.2) is 13.2 Å². The van der Waals surface area contributed by atoms with E-state index < -0.39 is 34.9 Å². The summed E-state index contributed by atoms with van der Waals surface area (Å²) in [6, 6.07) is 0.426. The van der Waals surface area contributed by atoms with Gasteiger partial charge in [-0.15, -0.1) is 0 Å². The van der Waals surface area contributed by atoms with Crippen molar-refractivity contribution < 1.29 is 18.0 Å². The Morgan fingerprint density at radius 3 is 2.32 bits per heavy atom. The quantitative estimate of drug-likeness (QED) is 0.832. The van der Waals surface area contributed by atoms with Gasteiger partial charge in [-0.1, -0.05) is 0 Å². The van der Waals surface area contributed by atoms with Gasteiger partial charge in [0, 0.05) is 17.7 Å². The van der Waals surface area contributed by atoms with E-state index in [0.29, 0.717) is 6.07 Å². The van der Waals surface area contributed by atoms with Gasteiger partial charge in [-0.3, -0.25) is 4.79 Å². The van der Waals surface area contributed by atoms with Gasteiger partial charge in [0.2, 0.25) is 5.91 Å². The third-order valence-electron chi connectivity index (χ3n) is 2.26. The molecule has 0 saturated heterocycles. The summed E-state index contributed by atoms with van der Waals surface area (Å²) in [5, 5.41) is 5.12. The predicted octanol–water partition coefficient (Wildman–Crippen LogP) is 2.82. The summed E-state index contributed by atoms with van der Waals surface area (Å²) in [5.41, 5.74) is -0.826. The highest BCUT2D eigenvalue weighted by molar-refractivity contribution is 5.84. The predicted molar refractivity (Wildman–Crippen MR) is 67.3 cm³/mol. The van der Waals surface area contributed by atoms with Crippen LogP contribution < -0.4 is 10.6 Å². The highest BCUT2D eigenvalue weighted by Gasteiger charge is 2.21. The third kappa shape index (κ3) is 4.46. The van der Waals surface area contributed by atoms with Crippen molar-refractivity contribution in [2.24, 2.45) is 0 Å². The summed E-state index contributed by atoms with van der Waals surface area (Å²) >= 11 is 0. The van der Waals surface area contributed by atoms with Gasteiger partial charge >= 0.3 is 0 Å². The van der Waals surface area contributed by atoms with E-state index in [-0.39, 0.29) is 5.69 Å². The number of carbonyl (C=O) groups excluding carboxylic acids is 1. The first kappa shape index (κ1) is 15.3. The van der Waals surface area contributed by atoms with Crippen LogP contribution in [0.2, 0.25) is 0 Å². The highest BCUT2D eigenvalue weighted by Crippen LogP contribution is 2.20. The number of benzene rings is 1. The normalized spacial score (nSPS) is 13.0. The molecule has 0 heterocycles. The van der Waals surface area contributed by atoms with Crippen LogP contribution in [0.3, 0.4) is 0 Å². The van der Waals surface area contributed by atoms with Crippen molar-refractivity contribution in [3.8, 4) is 0 Å². The van der Waals surface area contributed by atoms with E-state index in [9.17, 15) is 18.0 Å². The van der Waals surface area contributed by atoms with Gasteiger partial charge in [-0.05, 0) is 27.7 Å². The lowest BCUT2D eigenvalue weighted by Gasteiger charge is -2.24. The van der Waals surface area contributed by atoms with Crippen LogP contribution in [-0.4, -0.2) is 17.5 Å². The topological polar surface area (TPSA) is 41.1 Å². The molecule has 106 valence electrons. The average molecular weight is 274 g/mol. The van der Waals surface area contributed by atoms with E-state index in [1.807, 2.05) is 0 Å². The van der Waals surface area contributed by atoms with Gasteiger partial charge in [-0.2, -0.15) is 0 Å². The second-order valence-electron chi connectivity index (χ2n) is 5.35. The van der Waals surface area contributed by atoms with Crippen LogP contribution in [0.15, 0.2) is 12.1 Å². The molecule has 1 amide bonds. The molecule has 0 bridgehead atoms. The number of hydrogen-bond donors (Lipinski definition) is 2. The zero-order valence-electron chi connectivity index (χ0n) is 11.3. The molecule has 3 nitrogen and oxygen atoms in total. The summed E-state index contributed by atoms with van der Waals surface area (Å²) in [7, 11) is 0. The first-order valence-corrected chi connectivity index (χ1v) is 5.83. The summed E-state index contributed by atoms with van der Waals surface area (Å²) < 4.78 is 39.4. The smallest absolute Gasteiger partial charge is 0.242 e.